The van der Waals surface area contributed by atoms with Crippen LogP contribution in [0.5, 0.6) is 0 Å². The summed E-state index contributed by atoms with van der Waals surface area (Å²) in [6, 6.07) is 11.2. The van der Waals surface area contributed by atoms with Gasteiger partial charge in [0.15, 0.2) is 0 Å². The van der Waals surface area contributed by atoms with Crippen LogP contribution >= 0.6 is 0 Å². The van der Waals surface area contributed by atoms with Gasteiger partial charge in [0.05, 0.1) is 0 Å². The molecule has 0 saturated carbocycles. The zero-order valence-electron chi connectivity index (χ0n) is 16.0. The highest BCUT2D eigenvalue weighted by atomic mass is 32.2. The summed E-state index contributed by atoms with van der Waals surface area (Å²) in [5, 5.41) is 14.4. The van der Waals surface area contributed by atoms with Crippen molar-refractivity contribution in [1.29, 1.82) is 0 Å². The predicted octanol–water partition coefficient (Wildman–Crippen LogP) is 2.89. The van der Waals surface area contributed by atoms with Gasteiger partial charge in [-0.05, 0) is 55.4 Å². The van der Waals surface area contributed by atoms with E-state index in [2.05, 4.69) is 10.3 Å². The number of benzene rings is 1. The molecule has 6 nitrogen and oxygen atoms in total. The van der Waals surface area contributed by atoms with Gasteiger partial charge in [0.1, 0.15) is 16.3 Å². The molecule has 1 fully saturated rings. The first-order valence-electron chi connectivity index (χ1n) is 10.0. The molecule has 0 spiro atoms. The van der Waals surface area contributed by atoms with Crippen molar-refractivity contribution >= 4 is 15.8 Å². The number of sulfonamides is 1. The quantitative estimate of drug-likeness (QED) is 0.805. The van der Waals surface area contributed by atoms with Gasteiger partial charge in [-0.25, -0.2) is 13.4 Å². The monoisotopic (exact) mass is 401 g/mol. The number of hydrogen-bond acceptors (Lipinski definition) is 5. The highest BCUT2D eigenvalue weighted by Gasteiger charge is 2.35. The minimum Gasteiger partial charge on any atom is -0.383 e. The first kappa shape index (κ1) is 19.4. The summed E-state index contributed by atoms with van der Waals surface area (Å²) in [4.78, 5) is 4.47. The van der Waals surface area contributed by atoms with E-state index in [-0.39, 0.29) is 11.4 Å². The van der Waals surface area contributed by atoms with Gasteiger partial charge < -0.3 is 10.4 Å². The third-order valence-corrected chi connectivity index (χ3v) is 7.74. The number of nitrogens with zero attached hydrogens (tertiary/aromatic N) is 2. The zero-order chi connectivity index (χ0) is 19.6. The molecule has 1 aliphatic carbocycles. The van der Waals surface area contributed by atoms with E-state index in [1.165, 1.54) is 0 Å². The number of aliphatic hydroxyl groups is 1. The number of anilines is 1. The van der Waals surface area contributed by atoms with Crippen LogP contribution in [0.3, 0.4) is 0 Å². The molecule has 1 atom stereocenters. The Morgan fingerprint density at radius 3 is 2.68 bits per heavy atom. The molecule has 1 aliphatic heterocycles. The van der Waals surface area contributed by atoms with E-state index in [0.717, 1.165) is 43.2 Å². The molecular weight excluding hydrogens is 374 g/mol. The number of rotatable bonds is 5. The van der Waals surface area contributed by atoms with Crippen LogP contribution in [0.15, 0.2) is 47.5 Å². The lowest BCUT2D eigenvalue weighted by Gasteiger charge is -2.35. The lowest BCUT2D eigenvalue weighted by Crippen LogP contribution is -2.39. The Bertz CT molecular complexity index is 941. The smallest absolute Gasteiger partial charge is 0.246 e. The molecule has 2 N–H and O–H groups in total. The molecule has 28 heavy (non-hydrogen) atoms. The van der Waals surface area contributed by atoms with Crippen molar-refractivity contribution in [2.75, 3.05) is 25.0 Å². The van der Waals surface area contributed by atoms with Crippen LogP contribution in [0.4, 0.5) is 5.82 Å². The minimum atomic E-state index is -3.60. The molecule has 1 saturated heterocycles. The number of nitrogens with one attached hydrogen (secondary N) is 1. The van der Waals surface area contributed by atoms with Crippen molar-refractivity contribution in [2.45, 2.75) is 49.0 Å². The normalized spacial score (nSPS) is 23.2. The molecule has 2 aromatic rings. The fourth-order valence-corrected chi connectivity index (χ4v) is 5.92. The number of aryl methyl sites for hydroxylation is 1. The van der Waals surface area contributed by atoms with Crippen LogP contribution in [-0.2, 0) is 22.0 Å². The maximum atomic E-state index is 13.1. The zero-order valence-corrected chi connectivity index (χ0v) is 16.8. The van der Waals surface area contributed by atoms with Gasteiger partial charge in [-0.2, -0.15) is 4.31 Å². The van der Waals surface area contributed by atoms with Crippen molar-refractivity contribution in [2.24, 2.45) is 0 Å². The molecule has 2 heterocycles. The molecule has 1 unspecified atom stereocenters. The Labute approximate surface area is 166 Å². The van der Waals surface area contributed by atoms with Gasteiger partial charge in [-0.1, -0.05) is 30.7 Å². The van der Waals surface area contributed by atoms with E-state index in [4.69, 9.17) is 0 Å². The molecule has 150 valence electrons. The summed E-state index contributed by atoms with van der Waals surface area (Å²) >= 11 is 0. The van der Waals surface area contributed by atoms with Crippen LogP contribution < -0.4 is 5.32 Å². The van der Waals surface area contributed by atoms with Crippen molar-refractivity contribution < 1.29 is 13.5 Å². The predicted molar refractivity (Wildman–Crippen MR) is 109 cm³/mol. The van der Waals surface area contributed by atoms with E-state index in [1.807, 2.05) is 24.3 Å². The fraction of sp³-hybridized carbons (Fsp3) is 0.476. The topological polar surface area (TPSA) is 82.5 Å². The van der Waals surface area contributed by atoms with Crippen LogP contribution in [0, 0.1) is 0 Å². The molecule has 0 radical (unpaired) electrons. The van der Waals surface area contributed by atoms with Gasteiger partial charge in [0, 0.05) is 25.8 Å². The SMILES string of the molecule is O=S(=O)(c1cccnc1NCC1(O)CCCc2ccccc21)N1CCCCC1. The molecule has 2 aliphatic rings. The van der Waals surface area contributed by atoms with Crippen molar-refractivity contribution in [3.05, 3.63) is 53.7 Å². The number of pyridine rings is 1. The standard InChI is InChI=1S/C21H27N3O3S/c25-21(12-6-9-17-8-2-3-10-18(17)21)16-23-20-19(11-7-13-22-20)28(26,27)24-14-4-1-5-15-24/h2-3,7-8,10-11,13,25H,1,4-6,9,12,14-16H2,(H,22,23). The first-order chi connectivity index (χ1) is 13.5. The Balaban J connectivity index is 1.59. The van der Waals surface area contributed by atoms with E-state index >= 15 is 0 Å². The largest absolute Gasteiger partial charge is 0.383 e. The Morgan fingerprint density at radius 2 is 1.86 bits per heavy atom. The summed E-state index contributed by atoms with van der Waals surface area (Å²) in [7, 11) is -3.60. The first-order valence-corrected chi connectivity index (χ1v) is 11.4. The highest BCUT2D eigenvalue weighted by Crippen LogP contribution is 2.36. The summed E-state index contributed by atoms with van der Waals surface area (Å²) < 4.78 is 27.8. The van der Waals surface area contributed by atoms with Gasteiger partial charge in [-0.3, -0.25) is 0 Å². The van der Waals surface area contributed by atoms with Crippen LogP contribution in [-0.4, -0.2) is 42.4 Å². The molecular formula is C21H27N3O3S. The molecule has 1 aromatic carbocycles. The van der Waals surface area contributed by atoms with E-state index in [1.54, 1.807) is 22.6 Å². The van der Waals surface area contributed by atoms with Crippen molar-refractivity contribution in [3.8, 4) is 0 Å². The Hall–Kier alpha value is -1.96. The Kier molecular flexibility index (Phi) is 5.40. The molecule has 4 rings (SSSR count). The number of hydrogen-bond donors (Lipinski definition) is 2. The van der Waals surface area contributed by atoms with E-state index in [9.17, 15) is 13.5 Å². The van der Waals surface area contributed by atoms with Gasteiger partial charge in [0.25, 0.3) is 0 Å². The molecule has 0 bridgehead atoms. The van der Waals surface area contributed by atoms with E-state index < -0.39 is 15.6 Å². The third-order valence-electron chi connectivity index (χ3n) is 5.81. The average molecular weight is 402 g/mol. The molecule has 1 aromatic heterocycles. The van der Waals surface area contributed by atoms with Crippen LogP contribution in [0.25, 0.3) is 0 Å². The fourth-order valence-electron chi connectivity index (χ4n) is 4.29. The maximum Gasteiger partial charge on any atom is 0.246 e. The Morgan fingerprint density at radius 1 is 1.07 bits per heavy atom. The van der Waals surface area contributed by atoms with Gasteiger partial charge >= 0.3 is 0 Å². The number of fused-ring (bicyclic) bond motifs is 1. The number of aromatic nitrogens is 1. The van der Waals surface area contributed by atoms with Crippen molar-refractivity contribution in [1.82, 2.24) is 9.29 Å². The molecule has 7 heteroatoms. The average Bonchev–Trinajstić information content (AvgIpc) is 2.74. The third kappa shape index (κ3) is 3.66. The highest BCUT2D eigenvalue weighted by molar-refractivity contribution is 7.89. The second-order valence-electron chi connectivity index (χ2n) is 7.71. The van der Waals surface area contributed by atoms with Crippen LogP contribution in [0.1, 0.15) is 43.2 Å². The number of piperidine rings is 1. The van der Waals surface area contributed by atoms with E-state index in [0.29, 0.717) is 25.3 Å². The van der Waals surface area contributed by atoms with Gasteiger partial charge in [-0.15, -0.1) is 0 Å². The second-order valence-corrected chi connectivity index (χ2v) is 9.62. The second kappa shape index (κ2) is 7.81. The summed E-state index contributed by atoms with van der Waals surface area (Å²) in [5.74, 6) is 0.310. The summed E-state index contributed by atoms with van der Waals surface area (Å²) in [6.45, 7) is 1.32. The van der Waals surface area contributed by atoms with Crippen molar-refractivity contribution in [3.63, 3.8) is 0 Å². The maximum absolute atomic E-state index is 13.1. The van der Waals surface area contributed by atoms with Gasteiger partial charge in [0.2, 0.25) is 10.0 Å². The lowest BCUT2D eigenvalue weighted by atomic mass is 9.79. The summed E-state index contributed by atoms with van der Waals surface area (Å²) in [5.41, 5.74) is 1.05. The molecule has 0 amide bonds. The van der Waals surface area contributed by atoms with Crippen LogP contribution in [0.2, 0.25) is 0 Å². The minimum absolute atomic E-state index is 0.185. The summed E-state index contributed by atoms with van der Waals surface area (Å²) in [6.07, 6.45) is 6.91. The lowest BCUT2D eigenvalue weighted by molar-refractivity contribution is 0.0321.